The predicted molar refractivity (Wildman–Crippen MR) is 76.3 cm³/mol. The van der Waals surface area contributed by atoms with Crippen molar-refractivity contribution in [1.82, 2.24) is 5.32 Å². The number of rotatable bonds is 4. The van der Waals surface area contributed by atoms with Crippen molar-refractivity contribution in [2.45, 2.75) is 38.4 Å². The number of halogens is 3. The Morgan fingerprint density at radius 2 is 2.18 bits per heavy atom. The van der Waals surface area contributed by atoms with Gasteiger partial charge in [-0.3, -0.25) is 4.79 Å². The van der Waals surface area contributed by atoms with Crippen LogP contribution < -0.4 is 5.32 Å². The third-order valence-corrected chi connectivity index (χ3v) is 3.89. The van der Waals surface area contributed by atoms with E-state index in [0.717, 1.165) is 18.6 Å². The highest BCUT2D eigenvalue weighted by atomic mass is 19.4. The first kappa shape index (κ1) is 16.8. The Bertz CT molecular complexity index is 536. The van der Waals surface area contributed by atoms with Gasteiger partial charge < -0.3 is 10.1 Å². The maximum atomic E-state index is 12.7. The van der Waals surface area contributed by atoms with Gasteiger partial charge in [-0.05, 0) is 31.4 Å². The molecule has 0 spiro atoms. The summed E-state index contributed by atoms with van der Waals surface area (Å²) in [5.74, 6) is -0.564. The van der Waals surface area contributed by atoms with Gasteiger partial charge in [-0.1, -0.05) is 25.1 Å². The van der Waals surface area contributed by atoms with Crippen molar-refractivity contribution in [3.05, 3.63) is 35.4 Å². The number of hydrogen-bond donors (Lipinski definition) is 1. The van der Waals surface area contributed by atoms with Crippen LogP contribution in [0, 0.1) is 5.92 Å². The van der Waals surface area contributed by atoms with E-state index in [9.17, 15) is 18.0 Å². The first-order chi connectivity index (χ1) is 10.2. The number of hydrogen-bond acceptors (Lipinski definition) is 2. The van der Waals surface area contributed by atoms with Gasteiger partial charge in [0.25, 0.3) is 0 Å². The zero-order valence-electron chi connectivity index (χ0n) is 12.7. The highest BCUT2D eigenvalue weighted by Crippen LogP contribution is 2.30. The summed E-state index contributed by atoms with van der Waals surface area (Å²) in [5.41, 5.74) is -0.557. The Labute approximate surface area is 127 Å². The molecule has 1 amide bonds. The first-order valence-electron chi connectivity index (χ1n) is 7.25. The van der Waals surface area contributed by atoms with E-state index in [0.29, 0.717) is 18.8 Å². The molecule has 2 rings (SSSR count). The van der Waals surface area contributed by atoms with Gasteiger partial charge in [-0.25, -0.2) is 0 Å². The molecule has 0 aromatic heterocycles. The van der Waals surface area contributed by atoms with Crippen LogP contribution in [-0.2, 0) is 22.1 Å². The molecule has 1 fully saturated rings. The van der Waals surface area contributed by atoms with Crippen molar-refractivity contribution < 1.29 is 22.7 Å². The fraction of sp³-hybridized carbons (Fsp3) is 0.562. The molecule has 2 atom stereocenters. The van der Waals surface area contributed by atoms with E-state index in [1.54, 1.807) is 13.0 Å². The standard InChI is InChI=1S/C16H20F3NO2/c1-11(14(21)20-15(2)6-7-22-10-15)8-12-4-3-5-13(9-12)16(17,18)19/h3-5,9,11H,6-8,10H2,1-2H3,(H,20,21)/t11-,15+/m0/s1. The van der Waals surface area contributed by atoms with Gasteiger partial charge in [0.15, 0.2) is 0 Å². The topological polar surface area (TPSA) is 38.3 Å². The van der Waals surface area contributed by atoms with E-state index >= 15 is 0 Å². The van der Waals surface area contributed by atoms with Crippen molar-refractivity contribution in [3.63, 3.8) is 0 Å². The van der Waals surface area contributed by atoms with Gasteiger partial charge in [-0.2, -0.15) is 13.2 Å². The third-order valence-electron chi connectivity index (χ3n) is 3.89. The molecule has 6 heteroatoms. The maximum absolute atomic E-state index is 12.7. The summed E-state index contributed by atoms with van der Waals surface area (Å²) < 4.78 is 43.3. The normalized spacial score (nSPS) is 23.3. The largest absolute Gasteiger partial charge is 0.416 e. The fourth-order valence-corrected chi connectivity index (χ4v) is 2.51. The number of amides is 1. The quantitative estimate of drug-likeness (QED) is 0.927. The lowest BCUT2D eigenvalue weighted by Gasteiger charge is -2.25. The molecule has 1 aromatic carbocycles. The summed E-state index contributed by atoms with van der Waals surface area (Å²) in [6, 6.07) is 5.11. The second-order valence-corrected chi connectivity index (χ2v) is 6.16. The van der Waals surface area contributed by atoms with Gasteiger partial charge in [0, 0.05) is 12.5 Å². The smallest absolute Gasteiger partial charge is 0.379 e. The zero-order chi connectivity index (χ0) is 16.4. The fourth-order valence-electron chi connectivity index (χ4n) is 2.51. The number of nitrogens with one attached hydrogen (secondary N) is 1. The van der Waals surface area contributed by atoms with Gasteiger partial charge >= 0.3 is 6.18 Å². The van der Waals surface area contributed by atoms with Gasteiger partial charge in [0.2, 0.25) is 5.91 Å². The average Bonchev–Trinajstić information content (AvgIpc) is 2.84. The van der Waals surface area contributed by atoms with E-state index in [-0.39, 0.29) is 17.9 Å². The Morgan fingerprint density at radius 1 is 1.45 bits per heavy atom. The van der Waals surface area contributed by atoms with Crippen molar-refractivity contribution in [2.75, 3.05) is 13.2 Å². The second-order valence-electron chi connectivity index (χ2n) is 6.16. The van der Waals surface area contributed by atoms with Crippen LogP contribution >= 0.6 is 0 Å². The van der Waals surface area contributed by atoms with Crippen molar-refractivity contribution in [3.8, 4) is 0 Å². The minimum atomic E-state index is -4.36. The molecule has 3 nitrogen and oxygen atoms in total. The molecule has 0 unspecified atom stereocenters. The second kappa shape index (κ2) is 6.28. The summed E-state index contributed by atoms with van der Waals surface area (Å²) in [6.07, 6.45) is -3.35. The molecule has 0 aliphatic carbocycles. The monoisotopic (exact) mass is 315 g/mol. The molecule has 22 heavy (non-hydrogen) atoms. The van der Waals surface area contributed by atoms with Crippen LogP contribution in [0.25, 0.3) is 0 Å². The molecule has 1 aromatic rings. The molecule has 122 valence electrons. The summed E-state index contributed by atoms with van der Waals surface area (Å²) in [4.78, 5) is 12.2. The molecule has 1 N–H and O–H groups in total. The number of ether oxygens (including phenoxy) is 1. The lowest BCUT2D eigenvalue weighted by Crippen LogP contribution is -2.48. The Hall–Kier alpha value is -1.56. The average molecular weight is 315 g/mol. The zero-order valence-corrected chi connectivity index (χ0v) is 12.7. The first-order valence-corrected chi connectivity index (χ1v) is 7.25. The summed E-state index contributed by atoms with van der Waals surface area (Å²) in [6.45, 7) is 4.71. The van der Waals surface area contributed by atoms with E-state index < -0.39 is 17.7 Å². The number of benzene rings is 1. The Kier molecular flexibility index (Phi) is 4.80. The molecule has 0 saturated carbocycles. The minimum absolute atomic E-state index is 0.162. The van der Waals surface area contributed by atoms with Crippen LogP contribution in [0.2, 0.25) is 0 Å². The number of alkyl halides is 3. The van der Waals surface area contributed by atoms with Crippen LogP contribution in [0.4, 0.5) is 13.2 Å². The van der Waals surface area contributed by atoms with Crippen molar-refractivity contribution >= 4 is 5.91 Å². The van der Waals surface area contributed by atoms with Gasteiger partial charge in [-0.15, -0.1) is 0 Å². The van der Waals surface area contributed by atoms with Crippen LogP contribution in [-0.4, -0.2) is 24.7 Å². The van der Waals surface area contributed by atoms with Crippen molar-refractivity contribution in [2.24, 2.45) is 5.92 Å². The number of carbonyl (C=O) groups excluding carboxylic acids is 1. The Balaban J connectivity index is 1.99. The molecule has 1 aliphatic rings. The lowest BCUT2D eigenvalue weighted by molar-refractivity contribution is -0.137. The van der Waals surface area contributed by atoms with Gasteiger partial charge in [0.05, 0.1) is 17.7 Å². The minimum Gasteiger partial charge on any atom is -0.379 e. The van der Waals surface area contributed by atoms with E-state index in [4.69, 9.17) is 4.74 Å². The summed E-state index contributed by atoms with van der Waals surface area (Å²) in [5, 5.41) is 2.93. The van der Waals surface area contributed by atoms with E-state index in [2.05, 4.69) is 5.32 Å². The molecule has 0 radical (unpaired) electrons. The predicted octanol–water partition coefficient (Wildman–Crippen LogP) is 3.18. The molecular formula is C16H20F3NO2. The highest BCUT2D eigenvalue weighted by Gasteiger charge is 2.33. The molecule has 1 saturated heterocycles. The van der Waals surface area contributed by atoms with Crippen molar-refractivity contribution in [1.29, 1.82) is 0 Å². The third kappa shape index (κ3) is 4.22. The molecule has 1 heterocycles. The van der Waals surface area contributed by atoms with Crippen LogP contribution in [0.3, 0.4) is 0 Å². The van der Waals surface area contributed by atoms with E-state index in [1.165, 1.54) is 6.07 Å². The summed E-state index contributed by atoms with van der Waals surface area (Å²) in [7, 11) is 0. The Morgan fingerprint density at radius 3 is 2.77 bits per heavy atom. The lowest BCUT2D eigenvalue weighted by atomic mass is 9.96. The van der Waals surface area contributed by atoms with E-state index in [1.807, 2.05) is 6.92 Å². The van der Waals surface area contributed by atoms with Gasteiger partial charge in [0.1, 0.15) is 0 Å². The molecular weight excluding hydrogens is 295 g/mol. The number of carbonyl (C=O) groups is 1. The summed E-state index contributed by atoms with van der Waals surface area (Å²) >= 11 is 0. The highest BCUT2D eigenvalue weighted by molar-refractivity contribution is 5.79. The maximum Gasteiger partial charge on any atom is 0.416 e. The molecule has 1 aliphatic heterocycles. The van der Waals surface area contributed by atoms with Crippen LogP contribution in [0.1, 0.15) is 31.4 Å². The molecule has 0 bridgehead atoms. The van der Waals surface area contributed by atoms with Crippen LogP contribution in [0.5, 0.6) is 0 Å². The SMILES string of the molecule is C[C@@H](Cc1cccc(C(F)(F)F)c1)C(=O)N[C@]1(C)CCOC1. The van der Waals surface area contributed by atoms with Crippen LogP contribution in [0.15, 0.2) is 24.3 Å².